The Kier molecular flexibility index (Phi) is 11.1. The van der Waals surface area contributed by atoms with Crippen LogP contribution < -0.4 is 21.7 Å². The van der Waals surface area contributed by atoms with Gasteiger partial charge >= 0.3 is 5.97 Å². The van der Waals surface area contributed by atoms with Crippen LogP contribution in [0.2, 0.25) is 0 Å². The van der Waals surface area contributed by atoms with E-state index in [4.69, 9.17) is 5.73 Å². The summed E-state index contributed by atoms with van der Waals surface area (Å²) in [6, 6.07) is 7.74. The molecule has 0 radical (unpaired) electrons. The lowest BCUT2D eigenvalue weighted by Crippen LogP contribution is -2.58. The van der Waals surface area contributed by atoms with Crippen molar-refractivity contribution in [1.82, 2.24) is 16.0 Å². The van der Waals surface area contributed by atoms with Gasteiger partial charge in [-0.2, -0.15) is 0 Å². The molecule has 11 heteroatoms. The summed E-state index contributed by atoms with van der Waals surface area (Å²) in [5, 5.41) is 36.5. The van der Waals surface area contributed by atoms with E-state index < -0.39 is 47.9 Å². The molecule has 8 N–H and O–H groups in total. The molecule has 0 saturated carbocycles. The maximum atomic E-state index is 13.4. The van der Waals surface area contributed by atoms with Crippen LogP contribution in [0.3, 0.4) is 0 Å². The van der Waals surface area contributed by atoms with Gasteiger partial charge in [-0.05, 0) is 48.2 Å². The standard InChI is InChI=1S/C27H36N4O7/c1-4-15(2)23(27(37)38)31-26(36)22(14-18-7-11-20(33)12-8-18)30-25(35)21(29-24(34)16(3)28)13-17-5-9-19(32)10-6-17/h5-12,15-16,21-23,32-33H,4,13-14,28H2,1-3H3,(H,29,34)(H,30,35)(H,31,36)(H,37,38). The minimum atomic E-state index is -1.20. The summed E-state index contributed by atoms with van der Waals surface area (Å²) in [6.07, 6.45) is 0.546. The molecule has 0 aliphatic carbocycles. The van der Waals surface area contributed by atoms with Gasteiger partial charge in [0.2, 0.25) is 17.7 Å². The first-order chi connectivity index (χ1) is 17.9. The van der Waals surface area contributed by atoms with Gasteiger partial charge < -0.3 is 37.0 Å². The number of aromatic hydroxyl groups is 2. The predicted octanol–water partition coefficient (Wildman–Crippen LogP) is 0.815. The van der Waals surface area contributed by atoms with Crippen LogP contribution in [-0.4, -0.2) is 63.2 Å². The minimum Gasteiger partial charge on any atom is -0.508 e. The van der Waals surface area contributed by atoms with E-state index in [1.165, 1.54) is 31.2 Å². The van der Waals surface area contributed by atoms with Crippen molar-refractivity contribution in [2.45, 2.75) is 64.2 Å². The van der Waals surface area contributed by atoms with E-state index in [0.717, 1.165) is 0 Å². The summed E-state index contributed by atoms with van der Waals surface area (Å²) in [4.78, 5) is 50.8. The first kappa shape index (κ1) is 30.1. The number of nitrogens with one attached hydrogen (secondary N) is 3. The lowest BCUT2D eigenvalue weighted by Gasteiger charge is -2.26. The van der Waals surface area contributed by atoms with Gasteiger partial charge in [-0.1, -0.05) is 44.5 Å². The zero-order valence-electron chi connectivity index (χ0n) is 21.7. The van der Waals surface area contributed by atoms with Gasteiger partial charge in [-0.3, -0.25) is 14.4 Å². The van der Waals surface area contributed by atoms with Gasteiger partial charge in [-0.25, -0.2) is 4.79 Å². The van der Waals surface area contributed by atoms with E-state index in [1.807, 2.05) is 0 Å². The van der Waals surface area contributed by atoms with Crippen LogP contribution in [0.5, 0.6) is 11.5 Å². The average Bonchev–Trinajstić information content (AvgIpc) is 2.87. The van der Waals surface area contributed by atoms with E-state index in [0.29, 0.717) is 17.5 Å². The normalized spacial score (nSPS) is 14.8. The third-order valence-electron chi connectivity index (χ3n) is 6.21. The summed E-state index contributed by atoms with van der Waals surface area (Å²) in [6.45, 7) is 4.97. The van der Waals surface area contributed by atoms with Crippen molar-refractivity contribution >= 4 is 23.7 Å². The number of carbonyl (C=O) groups is 4. The molecule has 0 aromatic heterocycles. The fraction of sp³-hybridized carbons (Fsp3) is 0.407. The SMILES string of the molecule is CCC(C)C(NC(=O)C(Cc1ccc(O)cc1)NC(=O)C(Cc1ccc(O)cc1)NC(=O)C(C)N)C(=O)O. The van der Waals surface area contributed by atoms with Gasteiger partial charge in [0.15, 0.2) is 0 Å². The zero-order chi connectivity index (χ0) is 28.4. The number of aliphatic carboxylic acids is 1. The number of phenols is 2. The van der Waals surface area contributed by atoms with Crippen molar-refractivity contribution in [1.29, 1.82) is 0 Å². The Hall–Kier alpha value is -4.12. The number of hydrogen-bond acceptors (Lipinski definition) is 7. The maximum Gasteiger partial charge on any atom is 0.326 e. The molecule has 2 rings (SSSR count). The summed E-state index contributed by atoms with van der Waals surface area (Å²) in [5.41, 5.74) is 6.91. The number of nitrogens with two attached hydrogens (primary N) is 1. The molecule has 11 nitrogen and oxygen atoms in total. The molecule has 2 aromatic rings. The van der Waals surface area contributed by atoms with Crippen LogP contribution in [0.4, 0.5) is 0 Å². The summed E-state index contributed by atoms with van der Waals surface area (Å²) < 4.78 is 0. The molecular weight excluding hydrogens is 492 g/mol. The van der Waals surface area contributed by atoms with E-state index in [2.05, 4.69) is 16.0 Å². The van der Waals surface area contributed by atoms with Crippen molar-refractivity contribution in [3.63, 3.8) is 0 Å². The Morgan fingerprint density at radius 3 is 1.50 bits per heavy atom. The average molecular weight is 529 g/mol. The number of amides is 3. The van der Waals surface area contributed by atoms with Crippen LogP contribution in [0, 0.1) is 5.92 Å². The second kappa shape index (κ2) is 14.0. The third kappa shape index (κ3) is 9.07. The molecule has 0 aliphatic rings. The summed E-state index contributed by atoms with van der Waals surface area (Å²) in [5.74, 6) is -3.47. The number of carboxylic acid groups (broad SMARTS) is 1. The van der Waals surface area contributed by atoms with Gasteiger partial charge in [0, 0.05) is 12.8 Å². The lowest BCUT2D eigenvalue weighted by molar-refractivity contribution is -0.143. The summed E-state index contributed by atoms with van der Waals surface area (Å²) >= 11 is 0. The Bertz CT molecular complexity index is 1100. The number of phenolic OH excluding ortho intramolecular Hbond substituents is 2. The molecular formula is C27H36N4O7. The van der Waals surface area contributed by atoms with Crippen LogP contribution >= 0.6 is 0 Å². The molecule has 0 heterocycles. The van der Waals surface area contributed by atoms with Crippen molar-refractivity contribution in [2.24, 2.45) is 11.7 Å². The number of hydrogen-bond donors (Lipinski definition) is 7. The molecule has 3 amide bonds. The topological polar surface area (TPSA) is 191 Å². The van der Waals surface area contributed by atoms with E-state index in [1.54, 1.807) is 38.1 Å². The van der Waals surface area contributed by atoms with Crippen molar-refractivity contribution in [2.75, 3.05) is 0 Å². The smallest absolute Gasteiger partial charge is 0.326 e. The van der Waals surface area contributed by atoms with E-state index in [-0.39, 0.29) is 30.3 Å². The fourth-order valence-electron chi connectivity index (χ4n) is 3.67. The quantitative estimate of drug-likeness (QED) is 0.199. The molecule has 0 saturated heterocycles. The molecule has 0 fully saturated rings. The lowest BCUT2D eigenvalue weighted by atomic mass is 9.97. The van der Waals surface area contributed by atoms with Crippen molar-refractivity contribution in [3.8, 4) is 11.5 Å². The van der Waals surface area contributed by atoms with Crippen LogP contribution in [-0.2, 0) is 32.0 Å². The molecule has 38 heavy (non-hydrogen) atoms. The monoisotopic (exact) mass is 528 g/mol. The first-order valence-electron chi connectivity index (χ1n) is 12.4. The number of carbonyl (C=O) groups excluding carboxylic acids is 3. The highest BCUT2D eigenvalue weighted by Gasteiger charge is 2.32. The molecule has 2 aromatic carbocycles. The molecule has 5 unspecified atom stereocenters. The first-order valence-corrected chi connectivity index (χ1v) is 12.4. The van der Waals surface area contributed by atoms with Crippen molar-refractivity contribution < 1.29 is 34.5 Å². The Morgan fingerprint density at radius 2 is 1.13 bits per heavy atom. The fourth-order valence-corrected chi connectivity index (χ4v) is 3.67. The van der Waals surface area contributed by atoms with Gasteiger partial charge in [0.1, 0.15) is 29.6 Å². The molecule has 0 aliphatic heterocycles. The Morgan fingerprint density at radius 1 is 0.737 bits per heavy atom. The molecule has 5 atom stereocenters. The van der Waals surface area contributed by atoms with Crippen LogP contribution in [0.25, 0.3) is 0 Å². The second-order valence-electron chi connectivity index (χ2n) is 9.36. The van der Waals surface area contributed by atoms with Gasteiger partial charge in [0.25, 0.3) is 0 Å². The number of carboxylic acids is 1. The van der Waals surface area contributed by atoms with Gasteiger partial charge in [0.05, 0.1) is 6.04 Å². The highest BCUT2D eigenvalue weighted by atomic mass is 16.4. The molecule has 206 valence electrons. The number of benzene rings is 2. The van der Waals surface area contributed by atoms with Crippen LogP contribution in [0.1, 0.15) is 38.3 Å². The minimum absolute atomic E-state index is 0.00212. The van der Waals surface area contributed by atoms with E-state index >= 15 is 0 Å². The maximum absolute atomic E-state index is 13.4. The predicted molar refractivity (Wildman–Crippen MR) is 140 cm³/mol. The summed E-state index contributed by atoms with van der Waals surface area (Å²) in [7, 11) is 0. The van der Waals surface area contributed by atoms with Crippen molar-refractivity contribution in [3.05, 3.63) is 59.7 Å². The third-order valence-corrected chi connectivity index (χ3v) is 6.21. The zero-order valence-corrected chi connectivity index (χ0v) is 21.7. The van der Waals surface area contributed by atoms with E-state index in [9.17, 15) is 34.5 Å². The highest BCUT2D eigenvalue weighted by Crippen LogP contribution is 2.15. The Balaban J connectivity index is 2.33. The number of rotatable bonds is 13. The Labute approximate surface area is 221 Å². The largest absolute Gasteiger partial charge is 0.508 e. The van der Waals surface area contributed by atoms with Crippen LogP contribution in [0.15, 0.2) is 48.5 Å². The van der Waals surface area contributed by atoms with Gasteiger partial charge in [-0.15, -0.1) is 0 Å². The highest BCUT2D eigenvalue weighted by molar-refractivity contribution is 5.94. The second-order valence-corrected chi connectivity index (χ2v) is 9.36. The molecule has 0 spiro atoms. The molecule has 0 bridgehead atoms.